The van der Waals surface area contributed by atoms with Crippen LogP contribution >= 0.6 is 11.3 Å². The molecule has 1 N–H and O–H groups in total. The largest absolute Gasteiger partial charge is 0.477 e. The van der Waals surface area contributed by atoms with Crippen molar-refractivity contribution >= 4 is 17.3 Å². The predicted octanol–water partition coefficient (Wildman–Crippen LogP) is 3.46. The molecule has 0 spiro atoms. The van der Waals surface area contributed by atoms with E-state index < -0.39 is 5.97 Å². The summed E-state index contributed by atoms with van der Waals surface area (Å²) in [7, 11) is 2.12. The zero-order valence-electron chi connectivity index (χ0n) is 11.1. The van der Waals surface area contributed by atoms with Crippen LogP contribution in [0.4, 0.5) is 0 Å². The molecule has 1 aliphatic rings. The van der Waals surface area contributed by atoms with Crippen molar-refractivity contribution in [3.8, 4) is 0 Å². The number of hydrogen-bond donors (Lipinski definition) is 1. The molecule has 3 nitrogen and oxygen atoms in total. The first-order valence-electron chi connectivity index (χ1n) is 6.58. The zero-order chi connectivity index (χ0) is 13.1. The third-order valence-corrected chi connectivity index (χ3v) is 4.84. The number of nitrogens with zero attached hydrogens (tertiary/aromatic N) is 1. The number of rotatable bonds is 4. The molecule has 0 amide bonds. The molecule has 18 heavy (non-hydrogen) atoms. The summed E-state index contributed by atoms with van der Waals surface area (Å²) in [6, 6.07) is 2.55. The van der Waals surface area contributed by atoms with Crippen molar-refractivity contribution in [1.82, 2.24) is 4.90 Å². The Balaban J connectivity index is 2.00. The van der Waals surface area contributed by atoms with Gasteiger partial charge in [-0.05, 0) is 42.8 Å². The van der Waals surface area contributed by atoms with E-state index in [9.17, 15) is 4.79 Å². The number of carboxylic acid groups (broad SMARTS) is 1. The zero-order valence-corrected chi connectivity index (χ0v) is 11.9. The second-order valence-corrected chi connectivity index (χ2v) is 6.34. The van der Waals surface area contributed by atoms with Crippen LogP contribution in [0.3, 0.4) is 0 Å². The molecule has 2 unspecified atom stereocenters. The van der Waals surface area contributed by atoms with Gasteiger partial charge in [0.05, 0.1) is 0 Å². The van der Waals surface area contributed by atoms with Gasteiger partial charge in [-0.1, -0.05) is 19.8 Å². The molecule has 100 valence electrons. The van der Waals surface area contributed by atoms with Crippen molar-refractivity contribution in [1.29, 1.82) is 0 Å². The van der Waals surface area contributed by atoms with Crippen LogP contribution in [0.5, 0.6) is 0 Å². The lowest BCUT2D eigenvalue weighted by Crippen LogP contribution is -2.35. The average Bonchev–Trinajstić information content (AvgIpc) is 2.77. The lowest BCUT2D eigenvalue weighted by molar-refractivity contribution is 0.0699. The van der Waals surface area contributed by atoms with Gasteiger partial charge in [0.25, 0.3) is 0 Å². The smallest absolute Gasteiger partial charge is 0.346 e. The summed E-state index contributed by atoms with van der Waals surface area (Å²) in [5.41, 5.74) is 0.952. The fraction of sp³-hybridized carbons (Fsp3) is 0.643. The van der Waals surface area contributed by atoms with Gasteiger partial charge in [0.15, 0.2) is 0 Å². The third-order valence-electron chi connectivity index (χ3n) is 3.89. The van der Waals surface area contributed by atoms with Crippen LogP contribution in [0, 0.1) is 5.92 Å². The van der Waals surface area contributed by atoms with Crippen LogP contribution in [-0.4, -0.2) is 29.1 Å². The number of aromatic carboxylic acids is 1. The third kappa shape index (κ3) is 3.12. The molecular formula is C14H21NO2S. The molecule has 0 aromatic carbocycles. The highest BCUT2D eigenvalue weighted by atomic mass is 32.1. The molecule has 0 bridgehead atoms. The van der Waals surface area contributed by atoms with Gasteiger partial charge < -0.3 is 5.11 Å². The Morgan fingerprint density at radius 2 is 2.33 bits per heavy atom. The quantitative estimate of drug-likeness (QED) is 0.908. The Morgan fingerprint density at radius 1 is 1.56 bits per heavy atom. The first-order valence-corrected chi connectivity index (χ1v) is 7.45. The Kier molecular flexibility index (Phi) is 4.40. The summed E-state index contributed by atoms with van der Waals surface area (Å²) < 4.78 is 0. The van der Waals surface area contributed by atoms with Gasteiger partial charge in [0.1, 0.15) is 4.88 Å². The van der Waals surface area contributed by atoms with E-state index in [0.717, 1.165) is 18.0 Å². The highest BCUT2D eigenvalue weighted by Gasteiger charge is 2.23. The Bertz CT molecular complexity index is 416. The molecule has 4 heteroatoms. The molecule has 1 heterocycles. The normalized spacial score (nSPS) is 24.4. The standard InChI is InChI=1S/C14H21NO2S/c1-10-4-3-5-12(8-10)15(2)9-11-6-7-18-13(11)14(16)17/h6-7,10,12H,3-5,8-9H2,1-2H3,(H,16,17). The summed E-state index contributed by atoms with van der Waals surface area (Å²) in [5, 5.41) is 11.0. The first-order chi connectivity index (χ1) is 8.58. The maximum atomic E-state index is 11.1. The van der Waals surface area contributed by atoms with Crippen molar-refractivity contribution in [3.63, 3.8) is 0 Å². The van der Waals surface area contributed by atoms with Gasteiger partial charge in [-0.15, -0.1) is 11.3 Å². The van der Waals surface area contributed by atoms with Crippen molar-refractivity contribution in [2.75, 3.05) is 7.05 Å². The molecule has 0 saturated heterocycles. The fourth-order valence-corrected chi connectivity index (χ4v) is 3.60. The van der Waals surface area contributed by atoms with Crippen molar-refractivity contribution in [2.45, 2.75) is 45.2 Å². The van der Waals surface area contributed by atoms with E-state index in [0.29, 0.717) is 10.9 Å². The van der Waals surface area contributed by atoms with E-state index >= 15 is 0 Å². The molecule has 1 aromatic heterocycles. The van der Waals surface area contributed by atoms with Crippen LogP contribution < -0.4 is 0 Å². The van der Waals surface area contributed by atoms with Gasteiger partial charge in [-0.3, -0.25) is 4.90 Å². The maximum Gasteiger partial charge on any atom is 0.346 e. The van der Waals surface area contributed by atoms with Crippen molar-refractivity contribution in [3.05, 3.63) is 21.9 Å². The first kappa shape index (κ1) is 13.6. The van der Waals surface area contributed by atoms with Crippen molar-refractivity contribution < 1.29 is 9.90 Å². The minimum Gasteiger partial charge on any atom is -0.477 e. The fourth-order valence-electron chi connectivity index (χ4n) is 2.85. The molecule has 0 aliphatic heterocycles. The second kappa shape index (κ2) is 5.85. The minimum atomic E-state index is -0.801. The van der Waals surface area contributed by atoms with E-state index in [-0.39, 0.29) is 0 Å². The van der Waals surface area contributed by atoms with Crippen LogP contribution in [-0.2, 0) is 6.54 Å². The molecular weight excluding hydrogens is 246 g/mol. The summed E-state index contributed by atoms with van der Waals surface area (Å²) in [6.45, 7) is 3.07. The monoisotopic (exact) mass is 267 g/mol. The van der Waals surface area contributed by atoms with Crippen LogP contribution in [0.25, 0.3) is 0 Å². The molecule has 1 aliphatic carbocycles. The Labute approximate surface area is 112 Å². The van der Waals surface area contributed by atoms with Gasteiger partial charge in [0, 0.05) is 12.6 Å². The topological polar surface area (TPSA) is 40.5 Å². The SMILES string of the molecule is CC1CCCC(N(C)Cc2ccsc2C(=O)O)C1. The highest BCUT2D eigenvalue weighted by Crippen LogP contribution is 2.28. The summed E-state index contributed by atoms with van der Waals surface area (Å²) >= 11 is 1.32. The van der Waals surface area contributed by atoms with Gasteiger partial charge in [-0.25, -0.2) is 4.79 Å². The Hall–Kier alpha value is -0.870. The lowest BCUT2D eigenvalue weighted by Gasteiger charge is -2.34. The highest BCUT2D eigenvalue weighted by molar-refractivity contribution is 7.12. The molecule has 0 radical (unpaired) electrons. The van der Waals surface area contributed by atoms with Crippen molar-refractivity contribution in [2.24, 2.45) is 5.92 Å². The van der Waals surface area contributed by atoms with Gasteiger partial charge in [-0.2, -0.15) is 0 Å². The van der Waals surface area contributed by atoms with Crippen LogP contribution in [0.15, 0.2) is 11.4 Å². The number of carboxylic acids is 1. The summed E-state index contributed by atoms with van der Waals surface area (Å²) in [6.07, 6.45) is 5.12. The second-order valence-electron chi connectivity index (χ2n) is 5.42. The van der Waals surface area contributed by atoms with Crippen LogP contribution in [0.1, 0.15) is 47.8 Å². The van der Waals surface area contributed by atoms with E-state index in [4.69, 9.17) is 5.11 Å². The van der Waals surface area contributed by atoms with Gasteiger partial charge in [0.2, 0.25) is 0 Å². The predicted molar refractivity (Wildman–Crippen MR) is 74.2 cm³/mol. The molecule has 1 aromatic rings. The van der Waals surface area contributed by atoms with E-state index in [1.807, 2.05) is 11.4 Å². The number of thiophene rings is 1. The van der Waals surface area contributed by atoms with Crippen LogP contribution in [0.2, 0.25) is 0 Å². The number of hydrogen-bond acceptors (Lipinski definition) is 3. The summed E-state index contributed by atoms with van der Waals surface area (Å²) in [4.78, 5) is 13.9. The molecule has 2 atom stereocenters. The lowest BCUT2D eigenvalue weighted by atomic mass is 9.86. The van der Waals surface area contributed by atoms with Gasteiger partial charge >= 0.3 is 5.97 Å². The maximum absolute atomic E-state index is 11.1. The number of carbonyl (C=O) groups is 1. The minimum absolute atomic E-state index is 0.491. The average molecular weight is 267 g/mol. The summed E-state index contributed by atoms with van der Waals surface area (Å²) in [5.74, 6) is -0.00182. The molecule has 2 rings (SSSR count). The van der Waals surface area contributed by atoms with E-state index in [2.05, 4.69) is 18.9 Å². The molecule has 1 saturated carbocycles. The molecule has 1 fully saturated rings. The van der Waals surface area contributed by atoms with E-state index in [1.54, 1.807) is 0 Å². The van der Waals surface area contributed by atoms with E-state index in [1.165, 1.54) is 37.0 Å². The Morgan fingerprint density at radius 3 is 3.00 bits per heavy atom.